The fourth-order valence-electron chi connectivity index (χ4n) is 4.01. The molecule has 0 spiro atoms. The first-order chi connectivity index (χ1) is 15.1. The Morgan fingerprint density at radius 2 is 1.77 bits per heavy atom. The molecule has 0 saturated carbocycles. The van der Waals surface area contributed by atoms with Gasteiger partial charge >= 0.3 is 0 Å². The number of ether oxygens (including phenoxy) is 1. The predicted molar refractivity (Wildman–Crippen MR) is 120 cm³/mol. The minimum atomic E-state index is -0.286. The first-order valence-electron chi connectivity index (χ1n) is 10.5. The number of hydrogen-bond donors (Lipinski definition) is 2. The molecule has 0 atom stereocenters. The van der Waals surface area contributed by atoms with Crippen LogP contribution in [-0.2, 0) is 17.6 Å². The van der Waals surface area contributed by atoms with E-state index in [0.717, 1.165) is 49.0 Å². The van der Waals surface area contributed by atoms with Crippen molar-refractivity contribution in [1.29, 1.82) is 0 Å². The minimum absolute atomic E-state index is 0.186. The standard InChI is InChI=1S/C24H26N4O3/c1-16(29)25-17-13-14-22(31-2)20(15-17)26-24(30)23-19-11-7-4-8-12-21(19)28(27-23)18-9-5-3-6-10-18/h3,5-6,9-10,13-15H,4,7-8,11-12H2,1-2H3,(H,25,29)(H,26,30). The molecule has 1 aliphatic carbocycles. The van der Waals surface area contributed by atoms with Crippen LogP contribution in [-0.4, -0.2) is 28.7 Å². The lowest BCUT2D eigenvalue weighted by atomic mass is 10.1. The van der Waals surface area contributed by atoms with Crippen molar-refractivity contribution in [2.75, 3.05) is 17.7 Å². The van der Waals surface area contributed by atoms with Crippen LogP contribution in [0.5, 0.6) is 5.75 Å². The normalized spacial score (nSPS) is 13.1. The van der Waals surface area contributed by atoms with Gasteiger partial charge in [-0.05, 0) is 56.0 Å². The summed E-state index contributed by atoms with van der Waals surface area (Å²) in [5.41, 5.74) is 4.56. The number of nitrogens with one attached hydrogen (secondary N) is 2. The topological polar surface area (TPSA) is 85.2 Å². The fourth-order valence-corrected chi connectivity index (χ4v) is 4.01. The van der Waals surface area contributed by atoms with Crippen LogP contribution in [0.3, 0.4) is 0 Å². The molecule has 0 radical (unpaired) electrons. The molecule has 2 aromatic carbocycles. The summed E-state index contributed by atoms with van der Waals surface area (Å²) in [6.45, 7) is 1.44. The van der Waals surface area contributed by atoms with Crippen molar-refractivity contribution in [1.82, 2.24) is 9.78 Å². The summed E-state index contributed by atoms with van der Waals surface area (Å²) in [5, 5.41) is 10.4. The fraction of sp³-hybridized carbons (Fsp3) is 0.292. The summed E-state index contributed by atoms with van der Waals surface area (Å²) in [4.78, 5) is 24.7. The van der Waals surface area contributed by atoms with Crippen molar-refractivity contribution in [3.8, 4) is 11.4 Å². The molecule has 4 rings (SSSR count). The van der Waals surface area contributed by atoms with Gasteiger partial charge in [0.25, 0.3) is 5.91 Å². The molecule has 0 bridgehead atoms. The third kappa shape index (κ3) is 4.45. The third-order valence-corrected chi connectivity index (χ3v) is 5.41. The molecule has 0 fully saturated rings. The number of para-hydroxylation sites is 1. The van der Waals surface area contributed by atoms with Gasteiger partial charge in [0, 0.05) is 23.9 Å². The first-order valence-corrected chi connectivity index (χ1v) is 10.5. The summed E-state index contributed by atoms with van der Waals surface area (Å²) in [7, 11) is 1.54. The maximum absolute atomic E-state index is 13.3. The van der Waals surface area contributed by atoms with E-state index in [1.54, 1.807) is 25.3 Å². The second kappa shape index (κ2) is 9.04. The number of fused-ring (bicyclic) bond motifs is 1. The van der Waals surface area contributed by atoms with Gasteiger partial charge in [0.05, 0.1) is 18.5 Å². The van der Waals surface area contributed by atoms with E-state index < -0.39 is 0 Å². The van der Waals surface area contributed by atoms with Crippen LogP contribution in [0.1, 0.15) is 47.9 Å². The molecule has 2 N–H and O–H groups in total. The van der Waals surface area contributed by atoms with Crippen LogP contribution in [0.15, 0.2) is 48.5 Å². The van der Waals surface area contributed by atoms with Crippen LogP contribution >= 0.6 is 0 Å². The number of carbonyl (C=O) groups excluding carboxylic acids is 2. The highest BCUT2D eigenvalue weighted by Gasteiger charge is 2.25. The van der Waals surface area contributed by atoms with Gasteiger partial charge in [0.15, 0.2) is 5.69 Å². The Morgan fingerprint density at radius 3 is 2.52 bits per heavy atom. The molecule has 7 heteroatoms. The van der Waals surface area contributed by atoms with Gasteiger partial charge in [-0.2, -0.15) is 5.10 Å². The van der Waals surface area contributed by atoms with Gasteiger partial charge < -0.3 is 15.4 Å². The lowest BCUT2D eigenvalue weighted by Gasteiger charge is -2.12. The number of aromatic nitrogens is 2. The van der Waals surface area contributed by atoms with Crippen molar-refractivity contribution in [3.05, 3.63) is 65.5 Å². The average molecular weight is 418 g/mol. The van der Waals surface area contributed by atoms with Crippen molar-refractivity contribution in [2.24, 2.45) is 0 Å². The van der Waals surface area contributed by atoms with E-state index in [1.807, 2.05) is 35.0 Å². The van der Waals surface area contributed by atoms with Crippen LogP contribution in [0.4, 0.5) is 11.4 Å². The van der Waals surface area contributed by atoms with Crippen LogP contribution in [0.2, 0.25) is 0 Å². The number of rotatable bonds is 5. The Hall–Kier alpha value is -3.61. The minimum Gasteiger partial charge on any atom is -0.495 e. The molecule has 31 heavy (non-hydrogen) atoms. The van der Waals surface area contributed by atoms with Gasteiger partial charge in [-0.3, -0.25) is 9.59 Å². The van der Waals surface area contributed by atoms with Crippen molar-refractivity contribution < 1.29 is 14.3 Å². The van der Waals surface area contributed by atoms with Gasteiger partial charge in [0.2, 0.25) is 5.91 Å². The average Bonchev–Trinajstić information content (AvgIpc) is 2.95. The summed E-state index contributed by atoms with van der Waals surface area (Å²) in [5.74, 6) is 0.0384. The van der Waals surface area contributed by atoms with Crippen molar-refractivity contribution in [2.45, 2.75) is 39.0 Å². The van der Waals surface area contributed by atoms with Crippen molar-refractivity contribution >= 4 is 23.2 Å². The van der Waals surface area contributed by atoms with Crippen molar-refractivity contribution in [3.63, 3.8) is 0 Å². The SMILES string of the molecule is COc1ccc(NC(C)=O)cc1NC(=O)c1nn(-c2ccccc2)c2c1CCCCC2. The quantitative estimate of drug-likeness (QED) is 0.603. The molecule has 1 heterocycles. The molecule has 2 amide bonds. The summed E-state index contributed by atoms with van der Waals surface area (Å²) >= 11 is 0. The van der Waals surface area contributed by atoms with Gasteiger partial charge in [-0.1, -0.05) is 24.6 Å². The van der Waals surface area contributed by atoms with E-state index >= 15 is 0 Å². The zero-order valence-corrected chi connectivity index (χ0v) is 17.8. The predicted octanol–water partition coefficient (Wildman–Crippen LogP) is 4.36. The number of amides is 2. The van der Waals surface area contributed by atoms with Gasteiger partial charge in [0.1, 0.15) is 5.75 Å². The van der Waals surface area contributed by atoms with E-state index in [0.29, 0.717) is 22.8 Å². The Bertz CT molecular complexity index is 1110. The van der Waals surface area contributed by atoms with E-state index in [9.17, 15) is 9.59 Å². The van der Waals surface area contributed by atoms with Crippen LogP contribution in [0, 0.1) is 0 Å². The highest BCUT2D eigenvalue weighted by molar-refractivity contribution is 6.05. The Kier molecular flexibility index (Phi) is 6.02. The second-order valence-corrected chi connectivity index (χ2v) is 7.63. The van der Waals surface area contributed by atoms with Crippen LogP contribution < -0.4 is 15.4 Å². The maximum atomic E-state index is 13.3. The van der Waals surface area contributed by atoms with Gasteiger partial charge in [-0.15, -0.1) is 0 Å². The van der Waals surface area contributed by atoms with E-state index in [2.05, 4.69) is 10.6 Å². The number of hydrogen-bond acceptors (Lipinski definition) is 4. The lowest BCUT2D eigenvalue weighted by molar-refractivity contribution is -0.114. The highest BCUT2D eigenvalue weighted by atomic mass is 16.5. The smallest absolute Gasteiger partial charge is 0.276 e. The monoisotopic (exact) mass is 418 g/mol. The zero-order valence-electron chi connectivity index (χ0n) is 17.8. The molecular weight excluding hydrogens is 392 g/mol. The van der Waals surface area contributed by atoms with E-state index in [4.69, 9.17) is 9.84 Å². The zero-order chi connectivity index (χ0) is 21.8. The molecule has 7 nitrogen and oxygen atoms in total. The molecule has 1 aromatic heterocycles. The number of benzene rings is 2. The molecule has 0 saturated heterocycles. The number of carbonyl (C=O) groups is 2. The highest BCUT2D eigenvalue weighted by Crippen LogP contribution is 2.30. The molecule has 0 unspecified atom stereocenters. The number of nitrogens with zero attached hydrogens (tertiary/aromatic N) is 2. The Labute approximate surface area is 181 Å². The maximum Gasteiger partial charge on any atom is 0.276 e. The molecular formula is C24H26N4O3. The summed E-state index contributed by atoms with van der Waals surface area (Å²) < 4.78 is 7.30. The first kappa shape index (κ1) is 20.7. The Morgan fingerprint density at radius 1 is 1.00 bits per heavy atom. The molecule has 160 valence electrons. The van der Waals surface area contributed by atoms with E-state index in [-0.39, 0.29) is 11.8 Å². The number of methoxy groups -OCH3 is 1. The number of anilines is 2. The summed E-state index contributed by atoms with van der Waals surface area (Å²) in [6, 6.07) is 15.0. The van der Waals surface area contributed by atoms with Gasteiger partial charge in [-0.25, -0.2) is 4.68 Å². The Balaban J connectivity index is 1.71. The molecule has 0 aliphatic heterocycles. The summed E-state index contributed by atoms with van der Waals surface area (Å²) in [6.07, 6.45) is 4.98. The third-order valence-electron chi connectivity index (χ3n) is 5.41. The van der Waals surface area contributed by atoms with Crippen LogP contribution in [0.25, 0.3) is 5.69 Å². The molecule has 3 aromatic rings. The van der Waals surface area contributed by atoms with E-state index in [1.165, 1.54) is 6.92 Å². The second-order valence-electron chi connectivity index (χ2n) is 7.63. The lowest BCUT2D eigenvalue weighted by Crippen LogP contribution is -2.16. The largest absolute Gasteiger partial charge is 0.495 e. The molecule has 1 aliphatic rings.